The summed E-state index contributed by atoms with van der Waals surface area (Å²) in [5, 5.41) is 25.2. The van der Waals surface area contributed by atoms with Gasteiger partial charge in [0.1, 0.15) is 6.20 Å². The SMILES string of the molecule is Cn1c(-c2nnc3ccc(NC=O)nn23)cnc1[N+](=O)[O-]. The molecule has 0 aliphatic rings. The number of hydrogen-bond acceptors (Lipinski definition) is 7. The van der Waals surface area contributed by atoms with Crippen LogP contribution < -0.4 is 5.32 Å². The maximum absolute atomic E-state index is 10.8. The van der Waals surface area contributed by atoms with Gasteiger partial charge in [0.25, 0.3) is 0 Å². The molecule has 0 aliphatic heterocycles. The normalized spacial score (nSPS) is 10.7. The van der Waals surface area contributed by atoms with Gasteiger partial charge in [-0.2, -0.15) is 4.52 Å². The van der Waals surface area contributed by atoms with Gasteiger partial charge in [0.2, 0.25) is 12.2 Å². The summed E-state index contributed by atoms with van der Waals surface area (Å²) in [6.07, 6.45) is 1.81. The van der Waals surface area contributed by atoms with Crippen molar-refractivity contribution >= 4 is 23.8 Å². The molecule has 0 radical (unpaired) electrons. The highest BCUT2D eigenvalue weighted by molar-refractivity contribution is 5.69. The summed E-state index contributed by atoms with van der Waals surface area (Å²) < 4.78 is 2.64. The molecule has 11 nitrogen and oxygen atoms in total. The number of nitrogens with zero attached hydrogens (tertiary/aromatic N) is 7. The fourth-order valence-corrected chi connectivity index (χ4v) is 1.86. The highest BCUT2D eigenvalue weighted by atomic mass is 16.6. The number of aromatic nitrogens is 6. The van der Waals surface area contributed by atoms with Crippen molar-refractivity contribution in [2.24, 2.45) is 7.05 Å². The van der Waals surface area contributed by atoms with E-state index in [1.165, 1.54) is 22.3 Å². The standard InChI is InChI=1S/C10H8N8O3/c1-16-6(4-11-10(16)18(20)21)9-14-13-8-3-2-7(12-5-19)15-17(8)9/h2-5H,1H3,(H,12,15,19). The summed E-state index contributed by atoms with van der Waals surface area (Å²) in [6.45, 7) is 0. The molecule has 0 fully saturated rings. The third-order valence-corrected chi connectivity index (χ3v) is 2.83. The number of carbonyl (C=O) groups is 1. The summed E-state index contributed by atoms with van der Waals surface area (Å²) in [6, 6.07) is 3.17. The number of nitro groups is 1. The van der Waals surface area contributed by atoms with Crippen molar-refractivity contribution < 1.29 is 9.72 Å². The molecule has 0 saturated carbocycles. The second kappa shape index (κ2) is 4.63. The van der Waals surface area contributed by atoms with Gasteiger partial charge in [-0.1, -0.05) is 4.98 Å². The van der Waals surface area contributed by atoms with Crippen LogP contribution in [0, 0.1) is 10.1 Å². The molecule has 0 bridgehead atoms. The molecule has 3 aromatic heterocycles. The van der Waals surface area contributed by atoms with Crippen molar-refractivity contribution in [2.45, 2.75) is 0 Å². The van der Waals surface area contributed by atoms with Crippen LogP contribution in [-0.4, -0.2) is 40.7 Å². The van der Waals surface area contributed by atoms with Gasteiger partial charge < -0.3 is 15.4 Å². The topological polar surface area (TPSA) is 133 Å². The summed E-state index contributed by atoms with van der Waals surface area (Å²) in [5.74, 6) is 0.266. The number of rotatable bonds is 4. The molecule has 106 valence electrons. The Bertz CT molecular complexity index is 851. The molecular weight excluding hydrogens is 280 g/mol. The zero-order valence-corrected chi connectivity index (χ0v) is 10.7. The van der Waals surface area contributed by atoms with Gasteiger partial charge in [-0.25, -0.2) is 4.57 Å². The van der Waals surface area contributed by atoms with E-state index in [1.54, 1.807) is 12.1 Å². The molecule has 1 N–H and O–H groups in total. The number of anilines is 1. The van der Waals surface area contributed by atoms with E-state index in [-0.39, 0.29) is 11.8 Å². The number of fused-ring (bicyclic) bond motifs is 1. The minimum absolute atomic E-state index is 0.280. The Kier molecular flexibility index (Phi) is 2.79. The van der Waals surface area contributed by atoms with Gasteiger partial charge in [0.15, 0.2) is 17.2 Å². The van der Waals surface area contributed by atoms with Crippen LogP contribution in [0.1, 0.15) is 0 Å². The first kappa shape index (κ1) is 12.7. The lowest BCUT2D eigenvalue weighted by Gasteiger charge is -2.00. The van der Waals surface area contributed by atoms with Crippen molar-refractivity contribution in [3.05, 3.63) is 28.4 Å². The van der Waals surface area contributed by atoms with Crippen LogP contribution in [0.4, 0.5) is 11.8 Å². The second-order valence-corrected chi connectivity index (χ2v) is 4.03. The molecule has 21 heavy (non-hydrogen) atoms. The predicted octanol–water partition coefficient (Wildman–Crippen LogP) is 0.00130. The molecule has 0 spiro atoms. The molecule has 3 heterocycles. The minimum atomic E-state index is -0.598. The lowest BCUT2D eigenvalue weighted by Crippen LogP contribution is -2.04. The van der Waals surface area contributed by atoms with E-state index in [1.807, 2.05) is 0 Å². The lowest BCUT2D eigenvalue weighted by molar-refractivity contribution is -0.396. The zero-order chi connectivity index (χ0) is 15.0. The number of carbonyl (C=O) groups excluding carboxylic acids is 1. The second-order valence-electron chi connectivity index (χ2n) is 4.03. The Morgan fingerprint density at radius 1 is 1.38 bits per heavy atom. The van der Waals surface area contributed by atoms with Crippen molar-refractivity contribution in [3.8, 4) is 11.5 Å². The quantitative estimate of drug-likeness (QED) is 0.405. The average Bonchev–Trinajstić information content (AvgIpc) is 3.02. The maximum Gasteiger partial charge on any atom is 0.434 e. The van der Waals surface area contributed by atoms with E-state index in [9.17, 15) is 14.9 Å². The molecule has 3 aromatic rings. The average molecular weight is 288 g/mol. The van der Waals surface area contributed by atoms with Gasteiger partial charge >= 0.3 is 5.95 Å². The minimum Gasteiger partial charge on any atom is -0.390 e. The molecule has 0 aliphatic carbocycles. The van der Waals surface area contributed by atoms with Crippen LogP contribution in [0.15, 0.2) is 18.3 Å². The van der Waals surface area contributed by atoms with E-state index >= 15 is 0 Å². The van der Waals surface area contributed by atoms with Gasteiger partial charge in [0.05, 0.1) is 7.05 Å². The van der Waals surface area contributed by atoms with E-state index in [0.29, 0.717) is 23.6 Å². The highest BCUT2D eigenvalue weighted by Gasteiger charge is 2.23. The monoisotopic (exact) mass is 288 g/mol. The molecular formula is C10H8N8O3. The molecule has 3 rings (SSSR count). The largest absolute Gasteiger partial charge is 0.434 e. The lowest BCUT2D eigenvalue weighted by atomic mass is 10.4. The van der Waals surface area contributed by atoms with E-state index in [4.69, 9.17) is 0 Å². The van der Waals surface area contributed by atoms with E-state index in [0.717, 1.165) is 0 Å². The number of nitrogens with one attached hydrogen (secondary N) is 1. The van der Waals surface area contributed by atoms with Crippen molar-refractivity contribution in [1.82, 2.24) is 29.4 Å². The van der Waals surface area contributed by atoms with Crippen molar-refractivity contribution in [3.63, 3.8) is 0 Å². The van der Waals surface area contributed by atoms with Crippen LogP contribution in [0.5, 0.6) is 0 Å². The molecule has 11 heteroatoms. The third kappa shape index (κ3) is 1.96. The van der Waals surface area contributed by atoms with Crippen LogP contribution in [0.2, 0.25) is 0 Å². The Morgan fingerprint density at radius 2 is 2.19 bits per heavy atom. The van der Waals surface area contributed by atoms with Gasteiger partial charge in [-0.3, -0.25) is 4.79 Å². The molecule has 0 aromatic carbocycles. The highest BCUT2D eigenvalue weighted by Crippen LogP contribution is 2.21. The van der Waals surface area contributed by atoms with Crippen molar-refractivity contribution in [1.29, 1.82) is 0 Å². The van der Waals surface area contributed by atoms with Gasteiger partial charge in [-0.05, 0) is 17.1 Å². The summed E-state index contributed by atoms with van der Waals surface area (Å²) in [5.41, 5.74) is 0.815. The van der Waals surface area contributed by atoms with Crippen LogP contribution >= 0.6 is 0 Å². The van der Waals surface area contributed by atoms with Crippen molar-refractivity contribution in [2.75, 3.05) is 5.32 Å². The third-order valence-electron chi connectivity index (χ3n) is 2.83. The Labute approximate surface area is 116 Å². The first-order chi connectivity index (χ1) is 10.1. The summed E-state index contributed by atoms with van der Waals surface area (Å²) in [7, 11) is 1.50. The molecule has 0 unspecified atom stereocenters. The smallest absolute Gasteiger partial charge is 0.390 e. The summed E-state index contributed by atoms with van der Waals surface area (Å²) in [4.78, 5) is 24.4. The number of imidazole rings is 1. The van der Waals surface area contributed by atoms with Crippen LogP contribution in [-0.2, 0) is 11.8 Å². The van der Waals surface area contributed by atoms with E-state index in [2.05, 4.69) is 25.6 Å². The van der Waals surface area contributed by atoms with Crippen LogP contribution in [0.25, 0.3) is 17.2 Å². The Morgan fingerprint density at radius 3 is 2.86 bits per heavy atom. The Balaban J connectivity index is 2.18. The molecule has 1 amide bonds. The molecule has 0 saturated heterocycles. The maximum atomic E-state index is 10.8. The fourth-order valence-electron chi connectivity index (χ4n) is 1.86. The first-order valence-corrected chi connectivity index (χ1v) is 5.71. The van der Waals surface area contributed by atoms with Crippen LogP contribution in [0.3, 0.4) is 0 Å². The Hall–Kier alpha value is -3.37. The molecule has 0 atom stereocenters. The summed E-state index contributed by atoms with van der Waals surface area (Å²) >= 11 is 0. The van der Waals surface area contributed by atoms with E-state index < -0.39 is 4.92 Å². The van der Waals surface area contributed by atoms with Gasteiger partial charge in [-0.15, -0.1) is 15.3 Å². The zero-order valence-electron chi connectivity index (χ0n) is 10.7. The number of hydrogen-bond donors (Lipinski definition) is 1. The first-order valence-electron chi connectivity index (χ1n) is 5.71. The fraction of sp³-hybridized carbons (Fsp3) is 0.100. The number of amides is 1. The van der Waals surface area contributed by atoms with Gasteiger partial charge in [0, 0.05) is 0 Å². The predicted molar refractivity (Wildman–Crippen MR) is 69.3 cm³/mol.